The van der Waals surface area contributed by atoms with E-state index in [0.717, 1.165) is 31.3 Å². The maximum atomic E-state index is 13.6. The molecule has 246 valence electrons. The molecule has 44 heavy (non-hydrogen) atoms. The van der Waals surface area contributed by atoms with Gasteiger partial charge in [0.2, 0.25) is 0 Å². The summed E-state index contributed by atoms with van der Waals surface area (Å²) in [6.45, 7) is 11.2. The number of unbranched alkanes of at least 4 members (excludes halogenated alkanes) is 3. The molecule has 5 N–H and O–H groups in total. The van der Waals surface area contributed by atoms with Crippen LogP contribution in [0, 0.1) is 5.92 Å². The number of ether oxygens (including phenoxy) is 1. The fourth-order valence-corrected chi connectivity index (χ4v) is 5.93. The van der Waals surface area contributed by atoms with Gasteiger partial charge in [0.05, 0.1) is 35.1 Å². The molecule has 0 radical (unpaired) electrons. The number of thiazole rings is 1. The SMILES string of the molecule is C/C=C(C)/C=C(\C)[C@H](O)[C@@H](C)[C@@H](O)[C@H](O)[C@@H]1C/C=C\C=C\[C@@H](O)C[C@H](O)[C@@H](C)c2nc(cs2)/C=C(\CCCCCC)C(=O)O1. The van der Waals surface area contributed by atoms with Crippen molar-refractivity contribution in [3.05, 3.63) is 69.3 Å². The van der Waals surface area contributed by atoms with Crippen molar-refractivity contribution in [3.63, 3.8) is 0 Å². The average Bonchev–Trinajstić information content (AvgIpc) is 3.47. The first-order valence-electron chi connectivity index (χ1n) is 15.8. The Balaban J connectivity index is 2.44. The topological polar surface area (TPSA) is 140 Å². The van der Waals surface area contributed by atoms with Crippen LogP contribution in [-0.2, 0) is 9.53 Å². The predicted molar refractivity (Wildman–Crippen MR) is 177 cm³/mol. The summed E-state index contributed by atoms with van der Waals surface area (Å²) in [5.74, 6) is -1.66. The Hall–Kier alpha value is -2.40. The Labute approximate surface area is 267 Å². The van der Waals surface area contributed by atoms with Crippen LogP contribution in [-0.4, -0.2) is 73.1 Å². The van der Waals surface area contributed by atoms with Crippen molar-refractivity contribution in [2.45, 2.75) is 129 Å². The molecule has 0 spiro atoms. The molecule has 9 heteroatoms. The zero-order valence-corrected chi connectivity index (χ0v) is 27.9. The van der Waals surface area contributed by atoms with Crippen molar-refractivity contribution in [2.24, 2.45) is 5.92 Å². The lowest BCUT2D eigenvalue weighted by Crippen LogP contribution is -2.46. The van der Waals surface area contributed by atoms with Gasteiger partial charge < -0.3 is 30.3 Å². The second-order valence-corrected chi connectivity index (χ2v) is 12.8. The number of carbonyl (C=O) groups excluding carboxylic acids is 1. The van der Waals surface area contributed by atoms with E-state index in [1.165, 1.54) is 11.3 Å². The van der Waals surface area contributed by atoms with Crippen LogP contribution in [0.5, 0.6) is 0 Å². The number of nitrogens with zero attached hydrogens (tertiary/aromatic N) is 1. The fourth-order valence-electron chi connectivity index (χ4n) is 5.04. The third-order valence-electron chi connectivity index (χ3n) is 8.23. The van der Waals surface area contributed by atoms with Gasteiger partial charge in [0.1, 0.15) is 12.2 Å². The van der Waals surface area contributed by atoms with E-state index in [1.807, 2.05) is 38.3 Å². The molecule has 0 fully saturated rings. The number of carbonyl (C=O) groups is 1. The van der Waals surface area contributed by atoms with Crippen LogP contribution in [0.2, 0.25) is 0 Å². The molecule has 8 atom stereocenters. The summed E-state index contributed by atoms with van der Waals surface area (Å²) in [7, 11) is 0. The maximum absolute atomic E-state index is 13.6. The molecule has 1 aliphatic rings. The molecular formula is C35H53NO7S. The second-order valence-electron chi connectivity index (χ2n) is 11.9. The first-order chi connectivity index (χ1) is 20.9. The molecular weight excluding hydrogens is 578 g/mol. The lowest BCUT2D eigenvalue weighted by Gasteiger charge is -2.32. The van der Waals surface area contributed by atoms with Gasteiger partial charge in [-0.05, 0) is 45.3 Å². The minimum Gasteiger partial charge on any atom is -0.456 e. The van der Waals surface area contributed by atoms with Gasteiger partial charge in [-0.2, -0.15) is 0 Å². The van der Waals surface area contributed by atoms with Gasteiger partial charge in [-0.15, -0.1) is 11.3 Å². The van der Waals surface area contributed by atoms with E-state index in [9.17, 15) is 30.3 Å². The molecule has 1 aromatic heterocycles. The largest absolute Gasteiger partial charge is 0.456 e. The number of hydrogen-bond acceptors (Lipinski definition) is 9. The number of fused-ring (bicyclic) bond motifs is 2. The van der Waals surface area contributed by atoms with Crippen LogP contribution in [0.1, 0.15) is 103 Å². The highest BCUT2D eigenvalue weighted by molar-refractivity contribution is 7.09. The Morgan fingerprint density at radius 2 is 1.89 bits per heavy atom. The molecule has 8 nitrogen and oxygen atoms in total. The van der Waals surface area contributed by atoms with Crippen LogP contribution < -0.4 is 0 Å². The summed E-state index contributed by atoms with van der Waals surface area (Å²) < 4.78 is 5.90. The summed E-state index contributed by atoms with van der Waals surface area (Å²) in [6.07, 6.45) is 9.78. The fraction of sp³-hybridized carbons (Fsp3) is 0.600. The number of rotatable bonds is 11. The van der Waals surface area contributed by atoms with Crippen molar-refractivity contribution >= 4 is 23.4 Å². The number of cyclic esters (lactones) is 1. The van der Waals surface area contributed by atoms with E-state index < -0.39 is 48.5 Å². The normalized spacial score (nSPS) is 28.2. The van der Waals surface area contributed by atoms with Gasteiger partial charge in [0, 0.05) is 35.6 Å². The average molecular weight is 632 g/mol. The lowest BCUT2D eigenvalue weighted by molar-refractivity contribution is -0.158. The minimum atomic E-state index is -1.48. The number of aliphatic hydroxyl groups excluding tert-OH is 5. The third kappa shape index (κ3) is 11.8. The lowest BCUT2D eigenvalue weighted by atomic mass is 9.87. The van der Waals surface area contributed by atoms with Crippen LogP contribution in [0.4, 0.5) is 0 Å². The summed E-state index contributed by atoms with van der Waals surface area (Å²) in [6, 6.07) is 0. The maximum Gasteiger partial charge on any atom is 0.334 e. The molecule has 2 rings (SSSR count). The molecule has 1 aliphatic heterocycles. The number of hydrogen-bond donors (Lipinski definition) is 5. The zero-order valence-electron chi connectivity index (χ0n) is 27.1. The van der Waals surface area contributed by atoms with Crippen molar-refractivity contribution < 1.29 is 35.1 Å². The van der Waals surface area contributed by atoms with Crippen LogP contribution in [0.15, 0.2) is 58.6 Å². The summed E-state index contributed by atoms with van der Waals surface area (Å²) in [4.78, 5) is 18.3. The van der Waals surface area contributed by atoms with Crippen molar-refractivity contribution in [3.8, 4) is 0 Å². The highest BCUT2D eigenvalue weighted by Crippen LogP contribution is 2.28. The van der Waals surface area contributed by atoms with Gasteiger partial charge in [0.15, 0.2) is 0 Å². The van der Waals surface area contributed by atoms with Crippen LogP contribution in [0.25, 0.3) is 6.08 Å². The van der Waals surface area contributed by atoms with Gasteiger partial charge >= 0.3 is 5.97 Å². The van der Waals surface area contributed by atoms with E-state index in [2.05, 4.69) is 11.9 Å². The molecule has 1 aromatic rings. The smallest absolute Gasteiger partial charge is 0.334 e. The predicted octanol–water partition coefficient (Wildman–Crippen LogP) is 5.77. The Kier molecular flexibility index (Phi) is 16.5. The summed E-state index contributed by atoms with van der Waals surface area (Å²) >= 11 is 1.38. The monoisotopic (exact) mass is 631 g/mol. The Morgan fingerprint density at radius 1 is 1.16 bits per heavy atom. The standard InChI is InChI=1S/C35H53NO7S/c1-7-9-10-12-15-26-19-27-21-44-34(36-27)24(5)29(38)20-28(37)16-13-11-14-17-30(43-35(26)42)33(41)32(40)25(6)31(39)23(4)18-22(3)8-2/h8,11,13-14,16,18-19,21,24-25,28-33,37-41H,7,9-10,12,15,17,20H2,1-6H3/b14-11-,16-13+,22-8+,23-18+,26-19+/t24-,25-,28-,29+,30+,31+,32-,33-/m1/s1. The van der Waals surface area contributed by atoms with E-state index >= 15 is 0 Å². The highest BCUT2D eigenvalue weighted by atomic mass is 32.1. The molecule has 0 saturated carbocycles. The third-order valence-corrected chi connectivity index (χ3v) is 9.29. The van der Waals surface area contributed by atoms with Gasteiger partial charge in [-0.25, -0.2) is 9.78 Å². The first-order valence-corrected chi connectivity index (χ1v) is 16.7. The molecule has 0 aromatic carbocycles. The van der Waals surface area contributed by atoms with Crippen LogP contribution in [0.3, 0.4) is 0 Å². The van der Waals surface area contributed by atoms with Gasteiger partial charge in [-0.1, -0.05) is 82.1 Å². The van der Waals surface area contributed by atoms with Crippen molar-refractivity contribution in [1.29, 1.82) is 0 Å². The highest BCUT2D eigenvalue weighted by Gasteiger charge is 2.36. The molecule has 2 bridgehead atoms. The molecule has 0 unspecified atom stereocenters. The first kappa shape index (κ1) is 37.8. The minimum absolute atomic E-state index is 0.0866. The van der Waals surface area contributed by atoms with E-state index in [1.54, 1.807) is 44.2 Å². The number of allylic oxidation sites excluding steroid dienone is 5. The van der Waals surface area contributed by atoms with Gasteiger partial charge in [-0.3, -0.25) is 0 Å². The number of aliphatic hydroxyl groups is 5. The quantitative estimate of drug-likeness (QED) is 0.118. The summed E-state index contributed by atoms with van der Waals surface area (Å²) in [5, 5.41) is 57.0. The zero-order chi connectivity index (χ0) is 32.8. The Bertz CT molecular complexity index is 1180. The van der Waals surface area contributed by atoms with E-state index in [-0.39, 0.29) is 18.8 Å². The van der Waals surface area contributed by atoms with E-state index in [0.29, 0.717) is 28.3 Å². The number of esters is 1. The Morgan fingerprint density at radius 3 is 2.57 bits per heavy atom. The molecule has 0 aliphatic carbocycles. The molecule has 0 saturated heterocycles. The van der Waals surface area contributed by atoms with Crippen LogP contribution >= 0.6 is 11.3 Å². The van der Waals surface area contributed by atoms with E-state index in [4.69, 9.17) is 4.74 Å². The molecule has 2 heterocycles. The van der Waals surface area contributed by atoms with Crippen molar-refractivity contribution in [1.82, 2.24) is 4.98 Å². The number of aromatic nitrogens is 1. The second kappa shape index (κ2) is 19.2. The van der Waals surface area contributed by atoms with Crippen molar-refractivity contribution in [2.75, 3.05) is 0 Å². The van der Waals surface area contributed by atoms with Gasteiger partial charge in [0.25, 0.3) is 0 Å². The summed E-state index contributed by atoms with van der Waals surface area (Å²) in [5.41, 5.74) is 2.59. The molecule has 0 amide bonds.